The SMILES string of the molecule is O=C(O)C[C@@H](NC(=O)OCC1c2ccccc2-c2ccccc21)c1cc(Br)c(Cl)s1. The maximum Gasteiger partial charge on any atom is 0.407 e. The van der Waals surface area contributed by atoms with Gasteiger partial charge in [0.15, 0.2) is 0 Å². The van der Waals surface area contributed by atoms with Crippen molar-refractivity contribution in [2.75, 3.05) is 6.61 Å². The summed E-state index contributed by atoms with van der Waals surface area (Å²) in [5, 5.41) is 11.9. The summed E-state index contributed by atoms with van der Waals surface area (Å²) in [5.41, 5.74) is 4.51. The fraction of sp³-hybridized carbons (Fsp3) is 0.182. The van der Waals surface area contributed by atoms with E-state index in [2.05, 4.69) is 33.4 Å². The molecule has 1 atom stereocenters. The van der Waals surface area contributed by atoms with E-state index in [0.717, 1.165) is 22.3 Å². The molecule has 2 aromatic carbocycles. The fourth-order valence-electron chi connectivity index (χ4n) is 3.71. The van der Waals surface area contributed by atoms with Crippen molar-refractivity contribution >= 4 is 50.9 Å². The highest BCUT2D eigenvalue weighted by Gasteiger charge is 2.29. The Balaban J connectivity index is 1.48. The summed E-state index contributed by atoms with van der Waals surface area (Å²) in [6.45, 7) is 0.161. The molecule has 5 nitrogen and oxygen atoms in total. The van der Waals surface area contributed by atoms with Gasteiger partial charge in [0.25, 0.3) is 0 Å². The summed E-state index contributed by atoms with van der Waals surface area (Å²) in [4.78, 5) is 24.4. The van der Waals surface area contributed by atoms with Crippen molar-refractivity contribution < 1.29 is 19.4 Å². The molecule has 2 N–H and O–H groups in total. The second-order valence-corrected chi connectivity index (χ2v) is 9.43. The molecule has 8 heteroatoms. The van der Waals surface area contributed by atoms with Crippen LogP contribution in [0.5, 0.6) is 0 Å². The van der Waals surface area contributed by atoms with Crippen LogP contribution in [0.2, 0.25) is 4.34 Å². The molecule has 1 heterocycles. The van der Waals surface area contributed by atoms with Gasteiger partial charge in [0.05, 0.1) is 12.5 Å². The van der Waals surface area contributed by atoms with Gasteiger partial charge in [-0.2, -0.15) is 0 Å². The second-order valence-electron chi connectivity index (χ2n) is 6.89. The van der Waals surface area contributed by atoms with E-state index in [1.807, 2.05) is 36.4 Å². The minimum absolute atomic E-state index is 0.0635. The van der Waals surface area contributed by atoms with Gasteiger partial charge in [-0.15, -0.1) is 11.3 Å². The summed E-state index contributed by atoms with van der Waals surface area (Å²) in [5.74, 6) is -1.09. The number of carboxylic acid groups (broad SMARTS) is 1. The first-order valence-corrected chi connectivity index (χ1v) is 11.2. The van der Waals surface area contributed by atoms with Gasteiger partial charge in [-0.3, -0.25) is 4.79 Å². The first kappa shape index (κ1) is 20.9. The van der Waals surface area contributed by atoms with Crippen molar-refractivity contribution in [3.63, 3.8) is 0 Å². The standard InChI is InChI=1S/C22H17BrClNO4S/c23-17-9-19(30-21(17)24)18(10-20(26)27)25-22(28)29-11-16-14-7-3-1-5-12(14)13-6-2-4-8-15(13)16/h1-9,16,18H,10-11H2,(H,25,28)(H,26,27)/t18-/m1/s1. The van der Waals surface area contributed by atoms with Crippen LogP contribution < -0.4 is 5.32 Å². The number of carboxylic acids is 1. The number of halogens is 2. The van der Waals surface area contributed by atoms with E-state index >= 15 is 0 Å². The predicted molar refractivity (Wildman–Crippen MR) is 120 cm³/mol. The van der Waals surface area contributed by atoms with Gasteiger partial charge in [-0.1, -0.05) is 60.1 Å². The number of hydrogen-bond acceptors (Lipinski definition) is 4. The molecule has 1 amide bonds. The van der Waals surface area contributed by atoms with Gasteiger partial charge >= 0.3 is 12.1 Å². The third-order valence-electron chi connectivity index (χ3n) is 5.02. The number of amides is 1. The summed E-state index contributed by atoms with van der Waals surface area (Å²) in [6, 6.07) is 17.1. The first-order chi connectivity index (χ1) is 14.4. The molecule has 0 saturated heterocycles. The van der Waals surface area contributed by atoms with E-state index in [1.54, 1.807) is 6.07 Å². The van der Waals surface area contributed by atoms with Gasteiger partial charge in [-0.25, -0.2) is 4.79 Å². The minimum atomic E-state index is -1.03. The molecule has 0 radical (unpaired) electrons. The van der Waals surface area contributed by atoms with Crippen molar-refractivity contribution in [3.05, 3.63) is 79.4 Å². The lowest BCUT2D eigenvalue weighted by Crippen LogP contribution is -2.31. The predicted octanol–water partition coefficient (Wildman–Crippen LogP) is 6.22. The largest absolute Gasteiger partial charge is 0.481 e. The molecule has 0 fully saturated rings. The van der Waals surface area contributed by atoms with Gasteiger partial charge in [0, 0.05) is 15.3 Å². The van der Waals surface area contributed by atoms with E-state index in [1.165, 1.54) is 11.3 Å². The highest BCUT2D eigenvalue weighted by molar-refractivity contribution is 9.10. The van der Waals surface area contributed by atoms with Crippen molar-refractivity contribution in [1.29, 1.82) is 0 Å². The number of hydrogen-bond donors (Lipinski definition) is 2. The quantitative estimate of drug-likeness (QED) is 0.416. The lowest BCUT2D eigenvalue weighted by atomic mass is 9.98. The molecule has 30 heavy (non-hydrogen) atoms. The average molecular weight is 507 g/mol. The Hall–Kier alpha value is -2.35. The van der Waals surface area contributed by atoms with Crippen LogP contribution in [0.4, 0.5) is 4.79 Å². The van der Waals surface area contributed by atoms with Gasteiger partial charge in [-0.05, 0) is 44.3 Å². The maximum absolute atomic E-state index is 12.5. The summed E-state index contributed by atoms with van der Waals surface area (Å²) >= 11 is 10.6. The second kappa shape index (κ2) is 8.79. The van der Waals surface area contributed by atoms with E-state index < -0.39 is 18.1 Å². The molecule has 1 aliphatic rings. The van der Waals surface area contributed by atoms with E-state index in [0.29, 0.717) is 13.7 Å². The Morgan fingerprint density at radius 3 is 2.27 bits per heavy atom. The zero-order valence-corrected chi connectivity index (χ0v) is 18.8. The van der Waals surface area contributed by atoms with Crippen molar-refractivity contribution in [3.8, 4) is 11.1 Å². The Morgan fingerprint density at radius 1 is 1.13 bits per heavy atom. The number of aliphatic carboxylic acids is 1. The van der Waals surface area contributed by atoms with Crippen LogP contribution in [0.1, 0.15) is 34.4 Å². The summed E-state index contributed by atoms with van der Waals surface area (Å²) < 4.78 is 6.68. The number of nitrogens with one attached hydrogen (secondary N) is 1. The third-order valence-corrected chi connectivity index (χ3v) is 7.61. The van der Waals surface area contributed by atoms with Crippen molar-refractivity contribution in [2.24, 2.45) is 0 Å². The minimum Gasteiger partial charge on any atom is -0.481 e. The number of thiophene rings is 1. The molecule has 0 aliphatic heterocycles. The highest BCUT2D eigenvalue weighted by atomic mass is 79.9. The molecule has 154 valence electrons. The van der Waals surface area contributed by atoms with Gasteiger partial charge in [0.2, 0.25) is 0 Å². The lowest BCUT2D eigenvalue weighted by Gasteiger charge is -2.18. The highest BCUT2D eigenvalue weighted by Crippen LogP contribution is 2.44. The van der Waals surface area contributed by atoms with Crippen LogP contribution in [-0.2, 0) is 9.53 Å². The summed E-state index contributed by atoms with van der Waals surface area (Å²) in [7, 11) is 0. The summed E-state index contributed by atoms with van der Waals surface area (Å²) in [6.07, 6.45) is -0.934. The molecule has 3 aromatic rings. The average Bonchev–Trinajstić information content (AvgIpc) is 3.23. The number of ether oxygens (including phenoxy) is 1. The number of benzene rings is 2. The molecular formula is C22H17BrClNO4S. The normalized spacial score (nSPS) is 13.4. The molecule has 0 bridgehead atoms. The topological polar surface area (TPSA) is 75.6 Å². The van der Waals surface area contributed by atoms with Crippen molar-refractivity contribution in [2.45, 2.75) is 18.4 Å². The zero-order valence-electron chi connectivity index (χ0n) is 15.6. The molecule has 0 unspecified atom stereocenters. The number of alkyl carbamates (subject to hydrolysis) is 1. The first-order valence-electron chi connectivity index (χ1n) is 9.22. The Labute approximate surface area is 190 Å². The maximum atomic E-state index is 12.5. The van der Waals surface area contributed by atoms with Gasteiger partial charge in [0.1, 0.15) is 10.9 Å². The number of carbonyl (C=O) groups excluding carboxylic acids is 1. The molecule has 4 rings (SSSR count). The van der Waals surface area contributed by atoms with E-state index in [4.69, 9.17) is 16.3 Å². The third kappa shape index (κ3) is 4.24. The number of rotatable bonds is 6. The van der Waals surface area contributed by atoms with Crippen LogP contribution >= 0.6 is 38.9 Å². The smallest absolute Gasteiger partial charge is 0.407 e. The fourth-order valence-corrected chi connectivity index (χ4v) is 5.50. The number of carbonyl (C=O) groups is 2. The Bertz CT molecular complexity index is 1050. The molecule has 1 aliphatic carbocycles. The van der Waals surface area contributed by atoms with Gasteiger partial charge < -0.3 is 15.2 Å². The van der Waals surface area contributed by atoms with Crippen LogP contribution in [0.25, 0.3) is 11.1 Å². The Morgan fingerprint density at radius 2 is 1.73 bits per heavy atom. The Kier molecular flexibility index (Phi) is 6.13. The monoisotopic (exact) mass is 505 g/mol. The molecular weight excluding hydrogens is 490 g/mol. The van der Waals surface area contributed by atoms with Crippen LogP contribution in [0, 0.1) is 0 Å². The van der Waals surface area contributed by atoms with Crippen LogP contribution in [-0.4, -0.2) is 23.8 Å². The van der Waals surface area contributed by atoms with Crippen LogP contribution in [0.3, 0.4) is 0 Å². The molecule has 0 saturated carbocycles. The van der Waals surface area contributed by atoms with E-state index in [9.17, 15) is 14.7 Å². The van der Waals surface area contributed by atoms with Crippen LogP contribution in [0.15, 0.2) is 59.1 Å². The molecule has 0 spiro atoms. The van der Waals surface area contributed by atoms with E-state index in [-0.39, 0.29) is 18.9 Å². The zero-order chi connectivity index (χ0) is 21.3. The molecule has 1 aromatic heterocycles. The number of fused-ring (bicyclic) bond motifs is 3. The lowest BCUT2D eigenvalue weighted by molar-refractivity contribution is -0.137. The van der Waals surface area contributed by atoms with Crippen molar-refractivity contribution in [1.82, 2.24) is 5.32 Å².